The van der Waals surface area contributed by atoms with Crippen LogP contribution in [0.25, 0.3) is 0 Å². The van der Waals surface area contributed by atoms with E-state index in [-0.39, 0.29) is 34.8 Å². The molecule has 0 fully saturated rings. The molecule has 0 aromatic carbocycles. The molecule has 2 atom stereocenters. The summed E-state index contributed by atoms with van der Waals surface area (Å²) in [6.07, 6.45) is 3.89. The molecular formula is C13H22Br2O4. The zero-order valence-corrected chi connectivity index (χ0v) is 14.7. The molecule has 0 rings (SSSR count). The molecule has 0 heterocycles. The molecule has 0 N–H and O–H groups in total. The van der Waals surface area contributed by atoms with E-state index in [1.807, 2.05) is 13.8 Å². The Morgan fingerprint density at radius 1 is 0.895 bits per heavy atom. The molecule has 4 nitrogen and oxygen atoms in total. The molecule has 0 saturated carbocycles. The minimum absolute atomic E-state index is 0.239. The van der Waals surface area contributed by atoms with Crippen LogP contribution in [0.1, 0.15) is 46.0 Å². The number of ether oxygens (including phenoxy) is 2. The quantitative estimate of drug-likeness (QED) is 0.319. The SMILES string of the molecule is CCCC(Br)C(=O)OCCCOC(=O)C(Br)CCC. The summed E-state index contributed by atoms with van der Waals surface area (Å²) in [5.74, 6) is -0.505. The Labute approximate surface area is 131 Å². The van der Waals surface area contributed by atoms with Crippen LogP contribution < -0.4 is 0 Å². The van der Waals surface area contributed by atoms with Crippen LogP contribution in [0.3, 0.4) is 0 Å². The van der Waals surface area contributed by atoms with Gasteiger partial charge in [0.25, 0.3) is 0 Å². The van der Waals surface area contributed by atoms with Gasteiger partial charge in [-0.05, 0) is 12.8 Å². The van der Waals surface area contributed by atoms with E-state index < -0.39 is 0 Å². The number of esters is 2. The molecule has 0 aromatic heterocycles. The molecule has 0 radical (unpaired) electrons. The summed E-state index contributed by atoms with van der Waals surface area (Å²) >= 11 is 6.53. The van der Waals surface area contributed by atoms with E-state index in [9.17, 15) is 9.59 Å². The predicted octanol–water partition coefficient (Wildman–Crippen LogP) is 3.59. The third-order valence-electron chi connectivity index (χ3n) is 2.37. The minimum atomic E-state index is -0.252. The fourth-order valence-electron chi connectivity index (χ4n) is 1.33. The largest absolute Gasteiger partial charge is 0.465 e. The Balaban J connectivity index is 3.59. The highest BCUT2D eigenvalue weighted by Gasteiger charge is 2.16. The normalized spacial score (nSPS) is 13.7. The van der Waals surface area contributed by atoms with Gasteiger partial charge in [-0.15, -0.1) is 0 Å². The van der Waals surface area contributed by atoms with Crippen molar-refractivity contribution in [2.45, 2.75) is 55.6 Å². The van der Waals surface area contributed by atoms with Gasteiger partial charge in [0.05, 0.1) is 13.2 Å². The molecule has 19 heavy (non-hydrogen) atoms. The highest BCUT2D eigenvalue weighted by Crippen LogP contribution is 2.11. The molecule has 112 valence electrons. The predicted molar refractivity (Wildman–Crippen MR) is 81.8 cm³/mol. The van der Waals surface area contributed by atoms with E-state index in [1.54, 1.807) is 0 Å². The van der Waals surface area contributed by atoms with E-state index in [2.05, 4.69) is 31.9 Å². The van der Waals surface area contributed by atoms with Crippen LogP contribution >= 0.6 is 31.9 Å². The molecule has 0 aliphatic rings. The molecule has 0 aliphatic carbocycles. The highest BCUT2D eigenvalue weighted by molar-refractivity contribution is 9.10. The van der Waals surface area contributed by atoms with Gasteiger partial charge in [-0.1, -0.05) is 58.5 Å². The van der Waals surface area contributed by atoms with Crippen molar-refractivity contribution in [2.24, 2.45) is 0 Å². The monoisotopic (exact) mass is 400 g/mol. The summed E-state index contributed by atoms with van der Waals surface area (Å²) in [4.78, 5) is 22.4. The minimum Gasteiger partial charge on any atom is -0.465 e. The maximum Gasteiger partial charge on any atom is 0.319 e. The zero-order chi connectivity index (χ0) is 14.7. The molecular weight excluding hydrogens is 380 g/mol. The van der Waals surface area contributed by atoms with Gasteiger partial charge in [0, 0.05) is 6.42 Å². The second kappa shape index (κ2) is 11.7. The van der Waals surface area contributed by atoms with E-state index in [4.69, 9.17) is 9.47 Å². The third kappa shape index (κ3) is 9.44. The first-order valence-corrected chi connectivity index (χ1v) is 8.47. The second-order valence-electron chi connectivity index (χ2n) is 4.20. The Hall–Kier alpha value is -0.100. The lowest BCUT2D eigenvalue weighted by Gasteiger charge is -2.10. The number of carbonyl (C=O) groups excluding carboxylic acids is 2. The Kier molecular flexibility index (Phi) is 11.6. The molecule has 0 amide bonds. The lowest BCUT2D eigenvalue weighted by molar-refractivity contribution is -0.145. The number of hydrogen-bond donors (Lipinski definition) is 0. The first-order chi connectivity index (χ1) is 9.02. The highest BCUT2D eigenvalue weighted by atomic mass is 79.9. The Bertz CT molecular complexity index is 245. The molecule has 0 bridgehead atoms. The molecule has 2 unspecified atom stereocenters. The fourth-order valence-corrected chi connectivity index (χ4v) is 2.51. The first kappa shape index (κ1) is 18.9. The smallest absolute Gasteiger partial charge is 0.319 e. The Morgan fingerprint density at radius 3 is 1.58 bits per heavy atom. The number of carbonyl (C=O) groups is 2. The van der Waals surface area contributed by atoms with Crippen LogP contribution in [-0.4, -0.2) is 34.8 Å². The standard InChI is InChI=1S/C13H22Br2O4/c1-3-6-10(14)12(16)18-8-5-9-19-13(17)11(15)7-4-2/h10-11H,3-9H2,1-2H3. The summed E-state index contributed by atoms with van der Waals surface area (Å²) in [6.45, 7) is 4.57. The summed E-state index contributed by atoms with van der Waals surface area (Å²) in [5, 5.41) is 0. The van der Waals surface area contributed by atoms with Gasteiger partial charge < -0.3 is 9.47 Å². The van der Waals surface area contributed by atoms with Crippen LogP contribution in [0.5, 0.6) is 0 Å². The third-order valence-corrected chi connectivity index (χ3v) is 4.04. The topological polar surface area (TPSA) is 52.6 Å². The molecule has 6 heteroatoms. The van der Waals surface area contributed by atoms with Crippen molar-refractivity contribution >= 4 is 43.8 Å². The molecule has 0 aromatic rings. The average molecular weight is 402 g/mol. The van der Waals surface area contributed by atoms with Gasteiger partial charge in [-0.25, -0.2) is 0 Å². The van der Waals surface area contributed by atoms with Crippen LogP contribution in [-0.2, 0) is 19.1 Å². The van der Waals surface area contributed by atoms with Crippen molar-refractivity contribution in [2.75, 3.05) is 13.2 Å². The van der Waals surface area contributed by atoms with Crippen molar-refractivity contribution in [1.82, 2.24) is 0 Å². The van der Waals surface area contributed by atoms with Gasteiger partial charge in [-0.2, -0.15) is 0 Å². The van der Waals surface area contributed by atoms with E-state index in [1.165, 1.54) is 0 Å². The van der Waals surface area contributed by atoms with Crippen molar-refractivity contribution < 1.29 is 19.1 Å². The summed E-state index contributed by atoms with van der Waals surface area (Å²) in [6, 6.07) is 0. The van der Waals surface area contributed by atoms with Crippen molar-refractivity contribution in [3.05, 3.63) is 0 Å². The van der Waals surface area contributed by atoms with Gasteiger partial charge in [0.15, 0.2) is 0 Å². The first-order valence-electron chi connectivity index (χ1n) is 6.64. The van der Waals surface area contributed by atoms with E-state index >= 15 is 0 Å². The molecule has 0 saturated heterocycles. The van der Waals surface area contributed by atoms with Crippen molar-refractivity contribution in [3.63, 3.8) is 0 Å². The summed E-state index contributed by atoms with van der Waals surface area (Å²) in [7, 11) is 0. The molecule has 0 spiro atoms. The van der Waals surface area contributed by atoms with Crippen molar-refractivity contribution in [3.8, 4) is 0 Å². The number of halogens is 2. The van der Waals surface area contributed by atoms with Crippen molar-refractivity contribution in [1.29, 1.82) is 0 Å². The van der Waals surface area contributed by atoms with Gasteiger partial charge in [0.1, 0.15) is 9.65 Å². The number of hydrogen-bond acceptors (Lipinski definition) is 4. The van der Waals surface area contributed by atoms with Crippen LogP contribution in [0.2, 0.25) is 0 Å². The van der Waals surface area contributed by atoms with Crippen LogP contribution in [0.15, 0.2) is 0 Å². The van der Waals surface area contributed by atoms with Crippen LogP contribution in [0.4, 0.5) is 0 Å². The average Bonchev–Trinajstić information content (AvgIpc) is 2.38. The fraction of sp³-hybridized carbons (Fsp3) is 0.846. The summed E-state index contributed by atoms with van der Waals surface area (Å²) in [5.41, 5.74) is 0. The number of rotatable bonds is 10. The maximum atomic E-state index is 11.4. The number of alkyl halides is 2. The van der Waals surface area contributed by atoms with E-state index in [0.717, 1.165) is 25.7 Å². The lowest BCUT2D eigenvalue weighted by atomic mass is 10.2. The lowest BCUT2D eigenvalue weighted by Crippen LogP contribution is -2.20. The van der Waals surface area contributed by atoms with Crippen LogP contribution in [0, 0.1) is 0 Å². The zero-order valence-electron chi connectivity index (χ0n) is 11.5. The van der Waals surface area contributed by atoms with E-state index in [0.29, 0.717) is 6.42 Å². The summed E-state index contributed by atoms with van der Waals surface area (Å²) < 4.78 is 10.1. The van der Waals surface area contributed by atoms with Gasteiger partial charge >= 0.3 is 11.9 Å². The molecule has 0 aliphatic heterocycles. The van der Waals surface area contributed by atoms with Gasteiger partial charge in [0.2, 0.25) is 0 Å². The second-order valence-corrected chi connectivity index (χ2v) is 6.41. The van der Waals surface area contributed by atoms with Gasteiger partial charge in [-0.3, -0.25) is 9.59 Å². The Morgan fingerprint density at radius 2 is 1.26 bits per heavy atom. The maximum absolute atomic E-state index is 11.4.